The first kappa shape index (κ1) is 13.7. The van der Waals surface area contributed by atoms with Gasteiger partial charge in [-0.05, 0) is 30.7 Å². The molecule has 0 atom stereocenters. The van der Waals surface area contributed by atoms with E-state index in [0.29, 0.717) is 43.8 Å². The summed E-state index contributed by atoms with van der Waals surface area (Å²) in [5.74, 6) is 1.18. The van der Waals surface area contributed by atoms with Crippen molar-refractivity contribution in [2.24, 2.45) is 0 Å². The molecule has 0 aliphatic carbocycles. The molecule has 0 aromatic heterocycles. The molecule has 0 unspecified atom stereocenters. The fourth-order valence-electron chi connectivity index (χ4n) is 2.31. The number of hydrogen-bond donors (Lipinski definition) is 0. The van der Waals surface area contributed by atoms with Crippen LogP contribution in [0.5, 0.6) is 5.75 Å². The molecule has 1 fully saturated rings. The molecule has 1 saturated heterocycles. The molecule has 1 aromatic carbocycles. The van der Waals surface area contributed by atoms with Gasteiger partial charge in [-0.25, -0.2) is 0 Å². The molecule has 1 heterocycles. The first-order chi connectivity index (χ1) is 9.10. The molecule has 0 N–H and O–H groups in total. The number of piperidine rings is 1. The van der Waals surface area contributed by atoms with Crippen molar-refractivity contribution < 1.29 is 14.3 Å². The van der Waals surface area contributed by atoms with Gasteiger partial charge in [-0.2, -0.15) is 0 Å². The maximum atomic E-state index is 12.2. The van der Waals surface area contributed by atoms with Gasteiger partial charge in [0.2, 0.25) is 0 Å². The van der Waals surface area contributed by atoms with Crippen LogP contribution in [0.2, 0.25) is 0 Å². The van der Waals surface area contributed by atoms with Gasteiger partial charge >= 0.3 is 0 Å². The van der Waals surface area contributed by atoms with Gasteiger partial charge in [0, 0.05) is 31.5 Å². The van der Waals surface area contributed by atoms with E-state index in [0.717, 1.165) is 11.3 Å². The van der Waals surface area contributed by atoms with Crippen molar-refractivity contribution in [2.75, 3.05) is 26.7 Å². The van der Waals surface area contributed by atoms with Crippen molar-refractivity contribution in [1.29, 1.82) is 0 Å². The third kappa shape index (κ3) is 3.41. The predicted octanol–water partition coefficient (Wildman–Crippen LogP) is 1.85. The third-order valence-corrected chi connectivity index (χ3v) is 3.50. The lowest BCUT2D eigenvalue weighted by molar-refractivity contribution is -0.121. The Bertz CT molecular complexity index is 486. The van der Waals surface area contributed by atoms with Gasteiger partial charge in [0.15, 0.2) is 5.78 Å². The average Bonchev–Trinajstić information content (AvgIpc) is 2.41. The Kier molecular flexibility index (Phi) is 4.32. The second-order valence-electron chi connectivity index (χ2n) is 4.92. The quantitative estimate of drug-likeness (QED) is 0.776. The summed E-state index contributed by atoms with van der Waals surface area (Å²) in [7, 11) is 1.62. The summed E-state index contributed by atoms with van der Waals surface area (Å²) in [6.45, 7) is 3.70. The highest BCUT2D eigenvalue weighted by atomic mass is 16.5. The van der Waals surface area contributed by atoms with Crippen LogP contribution in [0.1, 0.15) is 28.8 Å². The molecule has 1 aliphatic heterocycles. The minimum absolute atomic E-state index is 0.0973. The number of rotatable bonds is 4. The molecular weight excluding hydrogens is 242 g/mol. The van der Waals surface area contributed by atoms with Gasteiger partial charge in [0.25, 0.3) is 0 Å². The summed E-state index contributed by atoms with van der Waals surface area (Å²) in [4.78, 5) is 25.4. The molecule has 0 spiro atoms. The maximum Gasteiger partial charge on any atom is 0.176 e. The highest BCUT2D eigenvalue weighted by molar-refractivity contribution is 5.98. The topological polar surface area (TPSA) is 46.6 Å². The van der Waals surface area contributed by atoms with Gasteiger partial charge in [0.05, 0.1) is 13.7 Å². The summed E-state index contributed by atoms with van der Waals surface area (Å²) in [5, 5.41) is 0. The number of aryl methyl sites for hydroxylation is 1. The van der Waals surface area contributed by atoms with Gasteiger partial charge in [-0.15, -0.1) is 0 Å². The van der Waals surface area contributed by atoms with Gasteiger partial charge in [-0.1, -0.05) is 0 Å². The van der Waals surface area contributed by atoms with E-state index < -0.39 is 0 Å². The number of carbonyl (C=O) groups excluding carboxylic acids is 2. The van der Waals surface area contributed by atoms with Crippen molar-refractivity contribution in [2.45, 2.75) is 19.8 Å². The van der Waals surface area contributed by atoms with Crippen LogP contribution in [0.15, 0.2) is 18.2 Å². The summed E-state index contributed by atoms with van der Waals surface area (Å²) in [6.07, 6.45) is 1.13. The second-order valence-corrected chi connectivity index (χ2v) is 4.92. The van der Waals surface area contributed by atoms with Crippen LogP contribution in [-0.2, 0) is 4.79 Å². The molecule has 0 saturated carbocycles. The largest absolute Gasteiger partial charge is 0.496 e. The molecule has 1 aromatic rings. The van der Waals surface area contributed by atoms with E-state index in [-0.39, 0.29) is 5.78 Å². The van der Waals surface area contributed by atoms with Gasteiger partial charge in [-0.3, -0.25) is 14.5 Å². The molecule has 1 aliphatic rings. The average molecular weight is 261 g/mol. The standard InChI is InChI=1S/C15H19NO3/c1-11-9-12(3-4-15(11)19-2)14(18)10-16-7-5-13(17)6-8-16/h3-4,9H,5-8,10H2,1-2H3. The minimum Gasteiger partial charge on any atom is -0.496 e. The number of hydrogen-bond acceptors (Lipinski definition) is 4. The van der Waals surface area contributed by atoms with E-state index in [1.54, 1.807) is 13.2 Å². The first-order valence-corrected chi connectivity index (χ1v) is 6.52. The van der Waals surface area contributed by atoms with Gasteiger partial charge in [0.1, 0.15) is 11.5 Å². The molecule has 102 valence electrons. The summed E-state index contributed by atoms with van der Waals surface area (Å²) in [6, 6.07) is 5.47. The highest BCUT2D eigenvalue weighted by Crippen LogP contribution is 2.19. The lowest BCUT2D eigenvalue weighted by Gasteiger charge is -2.24. The molecule has 2 rings (SSSR count). The molecule has 0 bridgehead atoms. The van der Waals surface area contributed by atoms with Gasteiger partial charge < -0.3 is 4.74 Å². The number of nitrogens with zero attached hydrogens (tertiary/aromatic N) is 1. The number of methoxy groups -OCH3 is 1. The van der Waals surface area contributed by atoms with Crippen LogP contribution >= 0.6 is 0 Å². The molecule has 0 radical (unpaired) electrons. The summed E-state index contributed by atoms with van der Waals surface area (Å²) >= 11 is 0. The summed E-state index contributed by atoms with van der Waals surface area (Å²) in [5.41, 5.74) is 1.66. The SMILES string of the molecule is COc1ccc(C(=O)CN2CCC(=O)CC2)cc1C. The Balaban J connectivity index is 2.00. The Hall–Kier alpha value is -1.68. The predicted molar refractivity (Wildman–Crippen MR) is 72.7 cm³/mol. The molecular formula is C15H19NO3. The fourth-order valence-corrected chi connectivity index (χ4v) is 2.31. The van der Waals surface area contributed by atoms with Crippen molar-refractivity contribution in [3.05, 3.63) is 29.3 Å². The van der Waals surface area contributed by atoms with E-state index in [1.165, 1.54) is 0 Å². The lowest BCUT2D eigenvalue weighted by atomic mass is 10.0. The fraction of sp³-hybridized carbons (Fsp3) is 0.467. The second kappa shape index (κ2) is 5.97. The molecule has 4 heteroatoms. The smallest absolute Gasteiger partial charge is 0.176 e. The summed E-state index contributed by atoms with van der Waals surface area (Å²) < 4.78 is 5.18. The Labute approximate surface area is 113 Å². The van der Waals surface area contributed by atoms with Crippen LogP contribution in [0.3, 0.4) is 0 Å². The van der Waals surface area contributed by atoms with Crippen LogP contribution in [0.4, 0.5) is 0 Å². The van der Waals surface area contributed by atoms with E-state index >= 15 is 0 Å². The molecule has 4 nitrogen and oxygen atoms in total. The normalized spacial score (nSPS) is 16.4. The number of carbonyl (C=O) groups is 2. The Morgan fingerprint density at radius 1 is 1.32 bits per heavy atom. The van der Waals surface area contributed by atoms with Crippen LogP contribution in [-0.4, -0.2) is 43.2 Å². The number of Topliss-reactive ketones (excluding diaryl/α,β-unsaturated/α-hetero) is 2. The monoisotopic (exact) mass is 261 g/mol. The van der Waals surface area contributed by atoms with Crippen molar-refractivity contribution in [3.8, 4) is 5.75 Å². The first-order valence-electron chi connectivity index (χ1n) is 6.52. The zero-order chi connectivity index (χ0) is 13.8. The number of ether oxygens (including phenoxy) is 1. The van der Waals surface area contributed by atoms with E-state index in [2.05, 4.69) is 0 Å². The number of ketones is 2. The minimum atomic E-state index is 0.0973. The van der Waals surface area contributed by atoms with Crippen LogP contribution < -0.4 is 4.74 Å². The zero-order valence-electron chi connectivity index (χ0n) is 11.4. The van der Waals surface area contributed by atoms with Crippen LogP contribution in [0.25, 0.3) is 0 Å². The number of likely N-dealkylation sites (tertiary alicyclic amines) is 1. The lowest BCUT2D eigenvalue weighted by Crippen LogP contribution is -2.37. The number of benzene rings is 1. The zero-order valence-corrected chi connectivity index (χ0v) is 11.4. The maximum absolute atomic E-state index is 12.2. The molecule has 19 heavy (non-hydrogen) atoms. The van der Waals surface area contributed by atoms with Crippen molar-refractivity contribution >= 4 is 11.6 Å². The molecule has 0 amide bonds. The van der Waals surface area contributed by atoms with E-state index in [4.69, 9.17) is 4.74 Å². The van der Waals surface area contributed by atoms with Crippen molar-refractivity contribution in [3.63, 3.8) is 0 Å². The van der Waals surface area contributed by atoms with Crippen LogP contribution in [0, 0.1) is 6.92 Å². The Morgan fingerprint density at radius 2 is 2.00 bits per heavy atom. The third-order valence-electron chi connectivity index (χ3n) is 3.50. The van der Waals surface area contributed by atoms with E-state index in [1.807, 2.05) is 24.0 Å². The van der Waals surface area contributed by atoms with E-state index in [9.17, 15) is 9.59 Å². The van der Waals surface area contributed by atoms with Crippen molar-refractivity contribution in [1.82, 2.24) is 4.90 Å². The Morgan fingerprint density at radius 3 is 2.58 bits per heavy atom. The highest BCUT2D eigenvalue weighted by Gasteiger charge is 2.19.